The zero-order chi connectivity index (χ0) is 44.0. The second-order valence-electron chi connectivity index (χ2n) is 14.8. The first-order chi connectivity index (χ1) is 30.0. The van der Waals surface area contributed by atoms with Crippen LogP contribution in [0.1, 0.15) is 83.8 Å². The first-order valence-corrected chi connectivity index (χ1v) is 22.5. The Labute approximate surface area is 381 Å². The Morgan fingerprint density at radius 1 is 0.952 bits per heavy atom. The van der Waals surface area contributed by atoms with E-state index in [4.69, 9.17) is 44.5 Å². The number of anilines is 4. The monoisotopic (exact) mass is 914 g/mol. The van der Waals surface area contributed by atoms with Gasteiger partial charge in [0.1, 0.15) is 44.9 Å². The minimum absolute atomic E-state index is 0.109. The number of nitriles is 1. The van der Waals surface area contributed by atoms with Crippen LogP contribution in [0.3, 0.4) is 0 Å². The molecule has 13 nitrogen and oxygen atoms in total. The molecule has 0 radical (unpaired) electrons. The number of hydrogen-bond donors (Lipinski definition) is 3. The van der Waals surface area contributed by atoms with Crippen LogP contribution in [0.2, 0.25) is 15.2 Å². The number of rotatable bonds is 19. The molecule has 3 aromatic heterocycles. The van der Waals surface area contributed by atoms with Gasteiger partial charge in [0.2, 0.25) is 0 Å². The van der Waals surface area contributed by atoms with Gasteiger partial charge in [0.15, 0.2) is 5.13 Å². The minimum Gasteiger partial charge on any atom is -0.494 e. The summed E-state index contributed by atoms with van der Waals surface area (Å²) in [6.07, 6.45) is 8.71. The molecule has 0 aliphatic carbocycles. The molecule has 0 spiro atoms. The molecule has 6 rings (SSSR count). The third kappa shape index (κ3) is 13.1. The van der Waals surface area contributed by atoms with Gasteiger partial charge in [-0.3, -0.25) is 14.5 Å². The van der Waals surface area contributed by atoms with Crippen molar-refractivity contribution < 1.29 is 14.3 Å². The van der Waals surface area contributed by atoms with Gasteiger partial charge in [-0.15, -0.1) is 0 Å². The summed E-state index contributed by atoms with van der Waals surface area (Å²) < 4.78 is 6.04. The number of pyridine rings is 1. The van der Waals surface area contributed by atoms with Gasteiger partial charge in [0, 0.05) is 32.2 Å². The fourth-order valence-corrected chi connectivity index (χ4v) is 8.24. The van der Waals surface area contributed by atoms with Crippen LogP contribution in [-0.4, -0.2) is 76.0 Å². The molecular weight excluding hydrogens is 867 g/mol. The molecule has 1 aliphatic rings. The molecule has 17 heteroatoms. The Morgan fingerprint density at radius 3 is 2.47 bits per heavy atom. The number of benzene rings is 2. The van der Waals surface area contributed by atoms with Crippen LogP contribution in [0.4, 0.5) is 22.5 Å². The number of aryl methyl sites for hydroxylation is 2. The molecule has 324 valence electrons. The Kier molecular flexibility index (Phi) is 16.9. The van der Waals surface area contributed by atoms with Crippen molar-refractivity contribution in [2.75, 3.05) is 54.9 Å². The number of piperazine rings is 1. The van der Waals surface area contributed by atoms with Crippen molar-refractivity contribution >= 4 is 86.5 Å². The molecule has 1 fully saturated rings. The highest BCUT2D eigenvalue weighted by Crippen LogP contribution is 2.29. The zero-order valence-corrected chi connectivity index (χ0v) is 38.0. The lowest BCUT2D eigenvalue weighted by Crippen LogP contribution is -2.47. The van der Waals surface area contributed by atoms with Gasteiger partial charge < -0.3 is 25.6 Å². The predicted molar refractivity (Wildman–Crippen MR) is 249 cm³/mol. The van der Waals surface area contributed by atoms with Crippen LogP contribution >= 0.6 is 46.1 Å². The number of nitrogens with zero attached hydrogens (tertiary/aromatic N) is 7. The van der Waals surface area contributed by atoms with Gasteiger partial charge >= 0.3 is 0 Å². The van der Waals surface area contributed by atoms with Crippen molar-refractivity contribution in [2.24, 2.45) is 0 Å². The number of para-hydroxylation sites is 1. The summed E-state index contributed by atoms with van der Waals surface area (Å²) in [5.41, 5.74) is 2.54. The van der Waals surface area contributed by atoms with Gasteiger partial charge in [-0.05, 0) is 87.2 Å². The van der Waals surface area contributed by atoms with Gasteiger partial charge in [0.05, 0.1) is 40.3 Å². The predicted octanol–water partition coefficient (Wildman–Crippen LogP) is 10.2. The maximum absolute atomic E-state index is 13.1. The number of aromatic nitrogens is 4. The van der Waals surface area contributed by atoms with Crippen LogP contribution < -0.4 is 25.6 Å². The average molecular weight is 916 g/mol. The van der Waals surface area contributed by atoms with Gasteiger partial charge in [-0.2, -0.15) is 5.26 Å². The van der Waals surface area contributed by atoms with E-state index in [1.807, 2.05) is 69.3 Å². The minimum atomic E-state index is -0.509. The molecular formula is C45H49Cl3N10O3S. The molecule has 1 atom stereocenters. The number of carbonyl (C=O) groups is 2. The summed E-state index contributed by atoms with van der Waals surface area (Å²) in [5, 5.41) is 20.4. The Bertz CT molecular complexity index is 2380. The highest BCUT2D eigenvalue weighted by atomic mass is 35.5. The highest BCUT2D eigenvalue weighted by molar-refractivity contribution is 7.17. The van der Waals surface area contributed by atoms with Gasteiger partial charge in [-0.1, -0.05) is 96.6 Å². The van der Waals surface area contributed by atoms with E-state index in [1.165, 1.54) is 17.4 Å². The molecule has 2 aromatic carbocycles. The van der Waals surface area contributed by atoms with Gasteiger partial charge in [-0.25, -0.2) is 19.9 Å². The van der Waals surface area contributed by atoms with E-state index in [9.17, 15) is 14.9 Å². The zero-order valence-electron chi connectivity index (χ0n) is 34.9. The van der Waals surface area contributed by atoms with Crippen LogP contribution in [0.15, 0.2) is 72.4 Å². The number of thiazole rings is 1. The SMILES string of the molecule is CCCC(NC(=O)/C(C#N)=C/c1nc(Cl)ccc1Cl)c1ccc(OCCCCCCN2CCN(c3cc(Nc4ncc(C(=O)Nc5c(C)cccc5Cl)s4)nc(C)n3)CC2)cc1. The normalized spacial score (nSPS) is 13.6. The molecule has 4 heterocycles. The number of ether oxygens (including phenoxy) is 1. The van der Waals surface area contributed by atoms with Crippen molar-refractivity contribution in [1.82, 2.24) is 30.2 Å². The molecule has 0 saturated carbocycles. The maximum Gasteiger partial charge on any atom is 0.267 e. The first-order valence-electron chi connectivity index (χ1n) is 20.6. The summed E-state index contributed by atoms with van der Waals surface area (Å²) in [7, 11) is 0. The second-order valence-corrected chi connectivity index (χ2v) is 17.1. The summed E-state index contributed by atoms with van der Waals surface area (Å²) in [6.45, 7) is 11.1. The maximum atomic E-state index is 13.1. The molecule has 62 heavy (non-hydrogen) atoms. The summed E-state index contributed by atoms with van der Waals surface area (Å²) in [5.74, 6) is 2.13. The van der Waals surface area contributed by atoms with Crippen LogP contribution in [0.5, 0.6) is 5.75 Å². The van der Waals surface area contributed by atoms with Crippen molar-refractivity contribution in [3.8, 4) is 11.8 Å². The topological polar surface area (TPSA) is 161 Å². The summed E-state index contributed by atoms with van der Waals surface area (Å²) in [4.78, 5) is 49.1. The molecule has 0 bridgehead atoms. The van der Waals surface area contributed by atoms with Crippen molar-refractivity contribution in [3.05, 3.63) is 115 Å². The van der Waals surface area contributed by atoms with E-state index in [-0.39, 0.29) is 28.4 Å². The number of hydrogen-bond acceptors (Lipinski definition) is 12. The van der Waals surface area contributed by atoms with Crippen LogP contribution in [-0.2, 0) is 4.79 Å². The number of halogens is 3. The first kappa shape index (κ1) is 46.2. The molecule has 1 saturated heterocycles. The van der Waals surface area contributed by atoms with Crippen LogP contribution in [0.25, 0.3) is 6.08 Å². The second kappa shape index (κ2) is 22.7. The van der Waals surface area contributed by atoms with Crippen molar-refractivity contribution in [1.29, 1.82) is 5.26 Å². The molecule has 1 aliphatic heterocycles. The standard InChI is InChI=1S/C45H49Cl3N10O3S/c1-4-10-36(54-43(59)32(27-49)25-37-34(46)17-18-39(48)53-37)31-13-15-33(16-14-31)61-24-8-6-5-7-19-57-20-22-58(23-21-57)41-26-40(51-30(3)52-41)55-45-50-28-38(62-45)44(60)56-42-29(2)11-9-12-35(42)47/h9,11-18,25-26,28,36H,4-8,10,19-24H2,1-3H3,(H,54,59)(H,56,60)(H,50,51,52,55)/b32-25+. The highest BCUT2D eigenvalue weighted by Gasteiger charge is 2.21. The van der Waals surface area contributed by atoms with Crippen molar-refractivity contribution in [3.63, 3.8) is 0 Å². The lowest BCUT2D eigenvalue weighted by Gasteiger charge is -2.35. The van der Waals surface area contributed by atoms with E-state index in [0.29, 0.717) is 50.4 Å². The molecule has 1 unspecified atom stereocenters. The number of amides is 2. The molecule has 3 N–H and O–H groups in total. The van der Waals surface area contributed by atoms with Crippen LogP contribution in [0, 0.1) is 25.2 Å². The van der Waals surface area contributed by atoms with E-state index in [0.717, 1.165) is 87.5 Å². The fraction of sp³-hybridized carbons (Fsp3) is 0.356. The van der Waals surface area contributed by atoms with E-state index in [2.05, 4.69) is 40.7 Å². The number of carbonyl (C=O) groups excluding carboxylic acids is 2. The average Bonchev–Trinajstić information content (AvgIpc) is 3.73. The van der Waals surface area contributed by atoms with Crippen molar-refractivity contribution in [2.45, 2.75) is 65.3 Å². The summed E-state index contributed by atoms with van der Waals surface area (Å²) in [6, 6.07) is 19.9. The van der Waals surface area contributed by atoms with Gasteiger partial charge in [0.25, 0.3) is 11.8 Å². The lowest BCUT2D eigenvalue weighted by atomic mass is 10.0. The third-order valence-corrected chi connectivity index (χ3v) is 12.0. The third-order valence-electron chi connectivity index (χ3n) is 10.2. The largest absolute Gasteiger partial charge is 0.494 e. The van der Waals surface area contributed by atoms with E-state index in [1.54, 1.807) is 24.4 Å². The molecule has 2 amide bonds. The quantitative estimate of drug-likeness (QED) is 0.0313. The van der Waals surface area contributed by atoms with E-state index >= 15 is 0 Å². The summed E-state index contributed by atoms with van der Waals surface area (Å²) >= 11 is 19.7. The number of unbranched alkanes of at least 4 members (excludes halogenated alkanes) is 3. The Morgan fingerprint density at radius 2 is 1.73 bits per heavy atom. The number of nitrogens with one attached hydrogen (secondary N) is 3. The smallest absolute Gasteiger partial charge is 0.267 e. The Hall–Kier alpha value is -5.30. The fourth-order valence-electron chi connectivity index (χ4n) is 6.93. The Balaban J connectivity index is 0.881. The molecule has 5 aromatic rings. The lowest BCUT2D eigenvalue weighted by molar-refractivity contribution is -0.117. The van der Waals surface area contributed by atoms with E-state index < -0.39 is 5.91 Å².